The Balaban J connectivity index is 0.00000196. The highest BCUT2D eigenvalue weighted by Crippen LogP contribution is 2.32. The van der Waals surface area contributed by atoms with E-state index >= 15 is 0 Å². The van der Waals surface area contributed by atoms with Gasteiger partial charge in [-0.05, 0) is 25.3 Å². The fraction of sp³-hybridized carbons (Fsp3) is 0.529. The summed E-state index contributed by atoms with van der Waals surface area (Å²) in [6, 6.07) is 3.66. The maximum absolute atomic E-state index is 12.7. The average Bonchev–Trinajstić information content (AvgIpc) is 2.99. The highest BCUT2D eigenvalue weighted by atomic mass is 35.5. The van der Waals surface area contributed by atoms with Crippen LogP contribution in [-0.2, 0) is 9.53 Å². The third-order valence-corrected chi connectivity index (χ3v) is 5.09. The molecule has 8 nitrogen and oxygen atoms in total. The van der Waals surface area contributed by atoms with Crippen LogP contribution in [0, 0.1) is 5.92 Å². The number of fused-ring (bicyclic) bond motifs is 2. The molecule has 0 unspecified atom stereocenters. The Kier molecular flexibility index (Phi) is 5.55. The summed E-state index contributed by atoms with van der Waals surface area (Å²) in [5.74, 6) is 0.423. The lowest BCUT2D eigenvalue weighted by atomic mass is 9.82. The molecular formula is C17H23ClN4O4. The monoisotopic (exact) mass is 382 g/mol. The predicted molar refractivity (Wildman–Crippen MR) is 100 cm³/mol. The molecule has 1 aromatic heterocycles. The molecule has 26 heavy (non-hydrogen) atoms. The number of rotatable bonds is 3. The number of methoxy groups -OCH3 is 1. The summed E-state index contributed by atoms with van der Waals surface area (Å²) in [6.45, 7) is 1.57. The van der Waals surface area contributed by atoms with E-state index in [0.717, 1.165) is 32.4 Å². The Labute approximate surface area is 156 Å². The number of halogens is 1. The minimum Gasteiger partial charge on any atom is -0.494 e. The van der Waals surface area contributed by atoms with Crippen LogP contribution in [0.2, 0.25) is 0 Å². The molecule has 2 aromatic rings. The molecule has 1 saturated heterocycles. The molecule has 0 bridgehead atoms. The summed E-state index contributed by atoms with van der Waals surface area (Å²) in [5, 5.41) is 6.41. The van der Waals surface area contributed by atoms with Gasteiger partial charge in [-0.2, -0.15) is 0 Å². The second-order valence-corrected chi connectivity index (χ2v) is 6.65. The highest BCUT2D eigenvalue weighted by molar-refractivity contribution is 5.96. The van der Waals surface area contributed by atoms with Gasteiger partial charge in [0.2, 0.25) is 5.91 Å². The van der Waals surface area contributed by atoms with Gasteiger partial charge in [-0.25, -0.2) is 4.79 Å². The van der Waals surface area contributed by atoms with Crippen LogP contribution < -0.4 is 21.1 Å². The number of ether oxygens (including phenoxy) is 2. The molecule has 1 amide bonds. The summed E-state index contributed by atoms with van der Waals surface area (Å²) >= 11 is 0. The Morgan fingerprint density at radius 3 is 2.81 bits per heavy atom. The van der Waals surface area contributed by atoms with Crippen LogP contribution in [0.5, 0.6) is 5.75 Å². The molecule has 9 heteroatoms. The Bertz CT molecular complexity index is 849. The molecule has 1 aromatic carbocycles. The molecule has 1 saturated carbocycles. The third kappa shape index (κ3) is 3.58. The number of imidazole rings is 1. The lowest BCUT2D eigenvalue weighted by molar-refractivity contribution is -0.123. The number of amides is 1. The van der Waals surface area contributed by atoms with Gasteiger partial charge in [0.15, 0.2) is 0 Å². The molecule has 2 aliphatic rings. The van der Waals surface area contributed by atoms with Crippen molar-refractivity contribution in [1.82, 2.24) is 15.3 Å². The molecule has 3 atom stereocenters. The van der Waals surface area contributed by atoms with Crippen LogP contribution in [0.15, 0.2) is 16.9 Å². The van der Waals surface area contributed by atoms with Crippen LogP contribution in [0.4, 0.5) is 5.69 Å². The number of carbonyl (C=O) groups is 1. The van der Waals surface area contributed by atoms with Crippen molar-refractivity contribution in [3.8, 4) is 5.75 Å². The topological polar surface area (TPSA) is 108 Å². The van der Waals surface area contributed by atoms with E-state index in [1.807, 2.05) is 0 Å². The molecule has 2 fully saturated rings. The Hall–Kier alpha value is -2.03. The SMILES string of the molecule is COc1cc2[nH]c(=O)[nH]c2cc1NC(=O)[C@H]1CC[C@H]2OCCN[C@@H]2C1.Cl. The summed E-state index contributed by atoms with van der Waals surface area (Å²) in [4.78, 5) is 29.6. The predicted octanol–water partition coefficient (Wildman–Crippen LogP) is 1.38. The lowest BCUT2D eigenvalue weighted by Gasteiger charge is -2.39. The summed E-state index contributed by atoms with van der Waals surface area (Å²) in [6.07, 6.45) is 2.67. The molecule has 142 valence electrons. The zero-order valence-electron chi connectivity index (χ0n) is 14.5. The second kappa shape index (κ2) is 7.69. The number of H-pyrrole nitrogens is 2. The first-order valence-electron chi connectivity index (χ1n) is 8.60. The van der Waals surface area contributed by atoms with Crippen LogP contribution in [0.25, 0.3) is 11.0 Å². The van der Waals surface area contributed by atoms with E-state index < -0.39 is 0 Å². The fourth-order valence-electron chi connectivity index (χ4n) is 3.81. The van der Waals surface area contributed by atoms with E-state index in [4.69, 9.17) is 9.47 Å². The van der Waals surface area contributed by atoms with Crippen molar-refractivity contribution < 1.29 is 14.3 Å². The molecule has 1 aliphatic carbocycles. The largest absolute Gasteiger partial charge is 0.494 e. The van der Waals surface area contributed by atoms with Gasteiger partial charge >= 0.3 is 5.69 Å². The van der Waals surface area contributed by atoms with Gasteiger partial charge in [-0.15, -0.1) is 12.4 Å². The smallest absolute Gasteiger partial charge is 0.323 e. The Morgan fingerprint density at radius 2 is 2.04 bits per heavy atom. The molecule has 1 aliphatic heterocycles. The van der Waals surface area contributed by atoms with Crippen molar-refractivity contribution in [3.63, 3.8) is 0 Å². The Morgan fingerprint density at radius 1 is 1.27 bits per heavy atom. The maximum atomic E-state index is 12.7. The number of anilines is 1. The fourth-order valence-corrected chi connectivity index (χ4v) is 3.81. The first kappa shape index (κ1) is 18.8. The first-order valence-corrected chi connectivity index (χ1v) is 8.60. The van der Waals surface area contributed by atoms with E-state index in [1.165, 1.54) is 7.11 Å². The molecule has 0 radical (unpaired) electrons. The lowest BCUT2D eigenvalue weighted by Crippen LogP contribution is -2.52. The number of benzene rings is 1. The quantitative estimate of drug-likeness (QED) is 0.641. The number of aromatic nitrogens is 2. The van der Waals surface area contributed by atoms with Crippen molar-refractivity contribution in [3.05, 3.63) is 22.6 Å². The molecule has 0 spiro atoms. The van der Waals surface area contributed by atoms with E-state index in [0.29, 0.717) is 22.5 Å². The number of nitrogens with one attached hydrogen (secondary N) is 4. The van der Waals surface area contributed by atoms with Crippen LogP contribution in [0.3, 0.4) is 0 Å². The first-order chi connectivity index (χ1) is 12.1. The highest BCUT2D eigenvalue weighted by Gasteiger charge is 2.36. The van der Waals surface area contributed by atoms with Gasteiger partial charge < -0.3 is 30.1 Å². The van der Waals surface area contributed by atoms with Crippen LogP contribution >= 0.6 is 12.4 Å². The average molecular weight is 383 g/mol. The van der Waals surface area contributed by atoms with Crippen molar-refractivity contribution >= 4 is 35.0 Å². The van der Waals surface area contributed by atoms with Gasteiger partial charge in [0.25, 0.3) is 0 Å². The zero-order chi connectivity index (χ0) is 17.4. The van der Waals surface area contributed by atoms with Gasteiger partial charge in [0, 0.05) is 24.6 Å². The van der Waals surface area contributed by atoms with Gasteiger partial charge in [0.1, 0.15) is 5.75 Å². The molecule has 2 heterocycles. The van der Waals surface area contributed by atoms with E-state index in [2.05, 4.69) is 20.6 Å². The molecule has 4 rings (SSSR count). The van der Waals surface area contributed by atoms with E-state index in [1.54, 1.807) is 12.1 Å². The minimum atomic E-state index is -0.290. The van der Waals surface area contributed by atoms with Crippen molar-refractivity contribution in [2.24, 2.45) is 5.92 Å². The normalized spacial score (nSPS) is 25.2. The summed E-state index contributed by atoms with van der Waals surface area (Å²) in [7, 11) is 1.54. The number of carbonyl (C=O) groups excluding carboxylic acids is 1. The number of hydrogen-bond donors (Lipinski definition) is 4. The summed E-state index contributed by atoms with van der Waals surface area (Å²) in [5.41, 5.74) is 1.54. The third-order valence-electron chi connectivity index (χ3n) is 5.09. The van der Waals surface area contributed by atoms with Gasteiger partial charge in [-0.1, -0.05) is 0 Å². The number of hydrogen-bond acceptors (Lipinski definition) is 5. The van der Waals surface area contributed by atoms with Crippen molar-refractivity contribution in [2.75, 3.05) is 25.6 Å². The van der Waals surface area contributed by atoms with Crippen molar-refractivity contribution in [1.29, 1.82) is 0 Å². The van der Waals surface area contributed by atoms with Crippen LogP contribution in [0.1, 0.15) is 19.3 Å². The summed E-state index contributed by atoms with van der Waals surface area (Å²) < 4.78 is 11.1. The van der Waals surface area contributed by atoms with E-state index in [9.17, 15) is 9.59 Å². The maximum Gasteiger partial charge on any atom is 0.323 e. The van der Waals surface area contributed by atoms with Gasteiger partial charge in [-0.3, -0.25) is 4.79 Å². The molecular weight excluding hydrogens is 360 g/mol. The second-order valence-electron chi connectivity index (χ2n) is 6.65. The molecule has 4 N–H and O–H groups in total. The minimum absolute atomic E-state index is 0. The van der Waals surface area contributed by atoms with E-state index in [-0.39, 0.29) is 42.1 Å². The number of morpholine rings is 1. The standard InChI is InChI=1S/C17H22N4O4.ClH/c1-24-15-8-11-10(20-17(23)21-11)7-13(15)19-16(22)9-2-3-14-12(6-9)18-4-5-25-14;/h7-9,12,14,18H,2-6H2,1H3,(H,19,22)(H2,20,21,23);1H/t9-,12+,14+;/m0./s1. The number of aromatic amines is 2. The van der Waals surface area contributed by atoms with Gasteiger partial charge in [0.05, 0.1) is 36.5 Å². The van der Waals surface area contributed by atoms with Crippen LogP contribution in [-0.4, -0.2) is 48.3 Å². The zero-order valence-corrected chi connectivity index (χ0v) is 15.3. The van der Waals surface area contributed by atoms with Crippen molar-refractivity contribution in [2.45, 2.75) is 31.4 Å².